The fourth-order valence-electron chi connectivity index (χ4n) is 0.912. The van der Waals surface area contributed by atoms with E-state index < -0.39 is 0 Å². The molecular weight excluding hydrogens is 176 g/mol. The Balaban J connectivity index is 2.41. The van der Waals surface area contributed by atoms with Gasteiger partial charge in [-0.05, 0) is 23.5 Å². The first-order chi connectivity index (χ1) is 6.33. The molecule has 0 radical (unpaired) electrons. The molecular formula is C12H16S. The monoisotopic (exact) mass is 192 g/mol. The standard InChI is InChI=1S/C12H16S/c1-3-11(2)13-10-9-12-7-5-4-6-8-12/h4-11H,3H2,1-2H3/b10-9-/t11-/m0/s1. The summed E-state index contributed by atoms with van der Waals surface area (Å²) in [6, 6.07) is 10.4. The lowest BCUT2D eigenvalue weighted by atomic mass is 10.2. The van der Waals surface area contributed by atoms with Crippen molar-refractivity contribution >= 4 is 17.8 Å². The summed E-state index contributed by atoms with van der Waals surface area (Å²) in [5, 5.41) is 2.91. The van der Waals surface area contributed by atoms with Crippen LogP contribution < -0.4 is 0 Å². The molecule has 1 aromatic carbocycles. The van der Waals surface area contributed by atoms with Crippen molar-refractivity contribution in [3.8, 4) is 0 Å². The van der Waals surface area contributed by atoms with Crippen LogP contribution in [0.5, 0.6) is 0 Å². The van der Waals surface area contributed by atoms with Crippen molar-refractivity contribution in [2.75, 3.05) is 0 Å². The summed E-state index contributed by atoms with van der Waals surface area (Å²) >= 11 is 1.89. The molecule has 0 N–H and O–H groups in total. The molecule has 13 heavy (non-hydrogen) atoms. The number of hydrogen-bond donors (Lipinski definition) is 0. The van der Waals surface area contributed by atoms with Crippen LogP contribution >= 0.6 is 11.8 Å². The highest BCUT2D eigenvalue weighted by atomic mass is 32.2. The molecule has 0 bridgehead atoms. The first kappa shape index (κ1) is 10.4. The highest BCUT2D eigenvalue weighted by molar-refractivity contribution is 8.02. The summed E-state index contributed by atoms with van der Waals surface area (Å²) in [4.78, 5) is 0. The second-order valence-corrected chi connectivity index (χ2v) is 4.42. The van der Waals surface area contributed by atoms with Crippen molar-refractivity contribution in [2.45, 2.75) is 25.5 Å². The van der Waals surface area contributed by atoms with E-state index >= 15 is 0 Å². The Morgan fingerprint density at radius 3 is 2.62 bits per heavy atom. The first-order valence-corrected chi connectivity index (χ1v) is 5.64. The SMILES string of the molecule is CC[C@H](C)S/C=C\c1ccccc1. The van der Waals surface area contributed by atoms with E-state index in [-0.39, 0.29) is 0 Å². The molecule has 0 nitrogen and oxygen atoms in total. The van der Waals surface area contributed by atoms with Crippen molar-refractivity contribution in [2.24, 2.45) is 0 Å². The van der Waals surface area contributed by atoms with Crippen molar-refractivity contribution in [3.05, 3.63) is 41.3 Å². The van der Waals surface area contributed by atoms with Gasteiger partial charge in [0.05, 0.1) is 0 Å². The minimum atomic E-state index is 0.722. The maximum Gasteiger partial charge on any atom is 0.00575 e. The maximum absolute atomic E-state index is 2.25. The van der Waals surface area contributed by atoms with E-state index in [4.69, 9.17) is 0 Å². The van der Waals surface area contributed by atoms with E-state index in [1.54, 1.807) is 0 Å². The Morgan fingerprint density at radius 1 is 1.31 bits per heavy atom. The van der Waals surface area contributed by atoms with Gasteiger partial charge in [0.15, 0.2) is 0 Å². The molecule has 0 amide bonds. The highest BCUT2D eigenvalue weighted by Crippen LogP contribution is 2.16. The van der Waals surface area contributed by atoms with Crippen LogP contribution in [0.2, 0.25) is 0 Å². The van der Waals surface area contributed by atoms with Crippen LogP contribution in [0.1, 0.15) is 25.8 Å². The third kappa shape index (κ3) is 4.18. The molecule has 1 atom stereocenters. The lowest BCUT2D eigenvalue weighted by molar-refractivity contribution is 0.910. The topological polar surface area (TPSA) is 0 Å². The van der Waals surface area contributed by atoms with Gasteiger partial charge in [0, 0.05) is 5.25 Å². The van der Waals surface area contributed by atoms with Gasteiger partial charge in [-0.3, -0.25) is 0 Å². The average Bonchev–Trinajstić information content (AvgIpc) is 2.19. The van der Waals surface area contributed by atoms with Crippen LogP contribution in [0.4, 0.5) is 0 Å². The summed E-state index contributed by atoms with van der Waals surface area (Å²) in [5.41, 5.74) is 1.28. The van der Waals surface area contributed by atoms with Crippen molar-refractivity contribution < 1.29 is 0 Å². The Bertz CT molecular complexity index is 251. The molecule has 0 saturated carbocycles. The summed E-state index contributed by atoms with van der Waals surface area (Å²) in [7, 11) is 0. The van der Waals surface area contributed by atoms with Crippen LogP contribution in [0, 0.1) is 0 Å². The second-order valence-electron chi connectivity index (χ2n) is 3.07. The van der Waals surface area contributed by atoms with Gasteiger partial charge in [-0.25, -0.2) is 0 Å². The van der Waals surface area contributed by atoms with Gasteiger partial charge >= 0.3 is 0 Å². The number of hydrogen-bond acceptors (Lipinski definition) is 1. The molecule has 0 aliphatic rings. The summed E-state index contributed by atoms with van der Waals surface area (Å²) in [6.45, 7) is 4.47. The molecule has 0 heterocycles. The van der Waals surface area contributed by atoms with E-state index in [9.17, 15) is 0 Å². The van der Waals surface area contributed by atoms with E-state index in [0.29, 0.717) is 0 Å². The summed E-state index contributed by atoms with van der Waals surface area (Å²) < 4.78 is 0. The fraction of sp³-hybridized carbons (Fsp3) is 0.333. The zero-order valence-corrected chi connectivity index (χ0v) is 9.05. The minimum absolute atomic E-state index is 0.722. The predicted molar refractivity (Wildman–Crippen MR) is 62.8 cm³/mol. The normalized spacial score (nSPS) is 13.4. The van der Waals surface area contributed by atoms with Crippen LogP contribution in [0.15, 0.2) is 35.7 Å². The van der Waals surface area contributed by atoms with Gasteiger partial charge in [-0.15, -0.1) is 11.8 Å². The van der Waals surface area contributed by atoms with E-state index in [1.165, 1.54) is 12.0 Å². The second kappa shape index (κ2) is 5.87. The molecule has 1 aromatic rings. The minimum Gasteiger partial charge on any atom is -0.131 e. The zero-order valence-electron chi connectivity index (χ0n) is 8.23. The lowest BCUT2D eigenvalue weighted by Crippen LogP contribution is -1.88. The summed E-state index contributed by atoms with van der Waals surface area (Å²) in [5.74, 6) is 0. The van der Waals surface area contributed by atoms with Gasteiger partial charge < -0.3 is 0 Å². The van der Waals surface area contributed by atoms with Gasteiger partial charge in [0.25, 0.3) is 0 Å². The first-order valence-electron chi connectivity index (χ1n) is 4.70. The quantitative estimate of drug-likeness (QED) is 0.689. The Kier molecular flexibility index (Phi) is 4.69. The molecule has 0 unspecified atom stereocenters. The molecule has 1 rings (SSSR count). The highest BCUT2D eigenvalue weighted by Gasteiger charge is 1.93. The average molecular weight is 192 g/mol. The Hall–Kier alpha value is -0.690. The fourth-order valence-corrected chi connectivity index (χ4v) is 1.61. The largest absolute Gasteiger partial charge is 0.131 e. The molecule has 0 aliphatic carbocycles. The lowest BCUT2D eigenvalue weighted by Gasteiger charge is -2.01. The molecule has 0 spiro atoms. The van der Waals surface area contributed by atoms with Crippen LogP contribution in [0.25, 0.3) is 6.08 Å². The third-order valence-electron chi connectivity index (χ3n) is 1.95. The van der Waals surface area contributed by atoms with Gasteiger partial charge in [-0.2, -0.15) is 0 Å². The molecule has 0 fully saturated rings. The van der Waals surface area contributed by atoms with Gasteiger partial charge in [0.2, 0.25) is 0 Å². The van der Waals surface area contributed by atoms with E-state index in [1.807, 2.05) is 17.8 Å². The van der Waals surface area contributed by atoms with E-state index in [0.717, 1.165) is 5.25 Å². The zero-order chi connectivity index (χ0) is 9.52. The van der Waals surface area contributed by atoms with Crippen molar-refractivity contribution in [1.29, 1.82) is 0 Å². The Labute approximate surface area is 85.1 Å². The molecule has 0 aromatic heterocycles. The number of rotatable bonds is 4. The molecule has 1 heteroatoms. The molecule has 70 valence electrons. The van der Waals surface area contributed by atoms with Crippen LogP contribution in [-0.4, -0.2) is 5.25 Å². The Morgan fingerprint density at radius 2 is 2.00 bits per heavy atom. The molecule has 0 aliphatic heterocycles. The smallest absolute Gasteiger partial charge is 0.00575 e. The van der Waals surface area contributed by atoms with E-state index in [2.05, 4.69) is 49.6 Å². The maximum atomic E-state index is 2.25. The molecule has 0 saturated heterocycles. The number of benzene rings is 1. The number of thioether (sulfide) groups is 1. The summed E-state index contributed by atoms with van der Waals surface area (Å²) in [6.07, 6.45) is 3.39. The van der Waals surface area contributed by atoms with Crippen LogP contribution in [0.3, 0.4) is 0 Å². The van der Waals surface area contributed by atoms with Crippen molar-refractivity contribution in [1.82, 2.24) is 0 Å². The van der Waals surface area contributed by atoms with Crippen LogP contribution in [-0.2, 0) is 0 Å². The van der Waals surface area contributed by atoms with Gasteiger partial charge in [0.1, 0.15) is 0 Å². The van der Waals surface area contributed by atoms with Gasteiger partial charge in [-0.1, -0.05) is 44.2 Å². The predicted octanol–water partition coefficient (Wildman–Crippen LogP) is 4.19. The third-order valence-corrected chi connectivity index (χ3v) is 3.04. The van der Waals surface area contributed by atoms with Crippen molar-refractivity contribution in [3.63, 3.8) is 0 Å².